The van der Waals surface area contributed by atoms with Gasteiger partial charge in [0, 0.05) is 31.4 Å². The summed E-state index contributed by atoms with van der Waals surface area (Å²) in [7, 11) is -3.66. The van der Waals surface area contributed by atoms with E-state index in [1.54, 1.807) is 18.3 Å². The van der Waals surface area contributed by atoms with Gasteiger partial charge in [-0.25, -0.2) is 17.7 Å². The van der Waals surface area contributed by atoms with Crippen LogP contribution >= 0.6 is 0 Å². The molecule has 1 aromatic carbocycles. The van der Waals surface area contributed by atoms with Crippen LogP contribution in [0.15, 0.2) is 29.3 Å². The highest BCUT2D eigenvalue weighted by atomic mass is 32.2. The number of benzene rings is 1. The lowest BCUT2D eigenvalue weighted by atomic mass is 10.1. The SMILES string of the molecule is Cc1ccc(S(=O)(=O)N2CCCc3cnc(N4CCOCC4)nc32)cc1C. The molecule has 1 fully saturated rings. The van der Waals surface area contributed by atoms with Gasteiger partial charge in [0.1, 0.15) is 0 Å². The fourth-order valence-electron chi connectivity index (χ4n) is 3.45. The third kappa shape index (κ3) is 3.39. The number of anilines is 2. The quantitative estimate of drug-likeness (QED) is 0.801. The molecule has 0 amide bonds. The molecule has 0 aliphatic carbocycles. The number of fused-ring (bicyclic) bond motifs is 1. The summed E-state index contributed by atoms with van der Waals surface area (Å²) >= 11 is 0. The van der Waals surface area contributed by atoms with Gasteiger partial charge in [-0.15, -0.1) is 0 Å². The Morgan fingerprint density at radius 1 is 1.07 bits per heavy atom. The highest BCUT2D eigenvalue weighted by molar-refractivity contribution is 7.92. The minimum atomic E-state index is -3.66. The summed E-state index contributed by atoms with van der Waals surface area (Å²) in [6.45, 7) is 7.02. The molecular weight excluding hydrogens is 364 g/mol. The lowest BCUT2D eigenvalue weighted by molar-refractivity contribution is 0.122. The van der Waals surface area contributed by atoms with Crippen molar-refractivity contribution in [3.05, 3.63) is 41.1 Å². The molecule has 1 saturated heterocycles. The number of sulfonamides is 1. The van der Waals surface area contributed by atoms with Crippen molar-refractivity contribution >= 4 is 21.8 Å². The van der Waals surface area contributed by atoms with E-state index in [9.17, 15) is 8.42 Å². The van der Waals surface area contributed by atoms with Crippen LogP contribution in [0.2, 0.25) is 0 Å². The Morgan fingerprint density at radius 2 is 1.85 bits per heavy atom. The van der Waals surface area contributed by atoms with Crippen LogP contribution in [0, 0.1) is 13.8 Å². The highest BCUT2D eigenvalue weighted by Gasteiger charge is 2.31. The fraction of sp³-hybridized carbons (Fsp3) is 0.474. The molecule has 0 bridgehead atoms. The van der Waals surface area contributed by atoms with Gasteiger partial charge in [0.15, 0.2) is 5.82 Å². The fourth-order valence-corrected chi connectivity index (χ4v) is 5.03. The van der Waals surface area contributed by atoms with Gasteiger partial charge in [-0.2, -0.15) is 4.98 Å². The van der Waals surface area contributed by atoms with E-state index in [1.165, 1.54) is 4.31 Å². The zero-order chi connectivity index (χ0) is 19.0. The normalized spacial score (nSPS) is 17.7. The predicted molar refractivity (Wildman–Crippen MR) is 104 cm³/mol. The molecule has 0 spiro atoms. The van der Waals surface area contributed by atoms with Crippen LogP contribution in [0.1, 0.15) is 23.1 Å². The van der Waals surface area contributed by atoms with Crippen LogP contribution in [0.5, 0.6) is 0 Å². The second kappa shape index (κ2) is 7.09. The smallest absolute Gasteiger partial charge is 0.265 e. The zero-order valence-corrected chi connectivity index (χ0v) is 16.5. The lowest BCUT2D eigenvalue weighted by Crippen LogP contribution is -2.39. The Bertz CT molecular complexity index is 955. The van der Waals surface area contributed by atoms with Crippen LogP contribution < -0.4 is 9.21 Å². The van der Waals surface area contributed by atoms with E-state index in [0.717, 1.165) is 29.5 Å². The van der Waals surface area contributed by atoms with Crippen LogP contribution in [0.3, 0.4) is 0 Å². The van der Waals surface area contributed by atoms with Gasteiger partial charge < -0.3 is 9.64 Å². The summed E-state index contributed by atoms with van der Waals surface area (Å²) in [5, 5.41) is 0. The number of aryl methyl sites for hydroxylation is 3. The lowest BCUT2D eigenvalue weighted by Gasteiger charge is -2.32. The minimum Gasteiger partial charge on any atom is -0.378 e. The Balaban J connectivity index is 1.74. The van der Waals surface area contributed by atoms with Crippen LogP contribution in [0.4, 0.5) is 11.8 Å². The molecule has 0 atom stereocenters. The van der Waals surface area contributed by atoms with Gasteiger partial charge in [0.25, 0.3) is 10.0 Å². The molecule has 4 rings (SSSR count). The number of aromatic nitrogens is 2. The van der Waals surface area contributed by atoms with Gasteiger partial charge in [0.05, 0.1) is 18.1 Å². The molecule has 0 radical (unpaired) electrons. The Hall–Kier alpha value is -2.19. The Kier molecular flexibility index (Phi) is 4.77. The molecule has 144 valence electrons. The number of nitrogens with zero attached hydrogens (tertiary/aromatic N) is 4. The third-order valence-corrected chi connectivity index (χ3v) is 7.02. The zero-order valence-electron chi connectivity index (χ0n) is 15.7. The molecule has 1 aromatic heterocycles. The van der Waals surface area contributed by atoms with Crippen molar-refractivity contribution in [3.8, 4) is 0 Å². The molecule has 2 aromatic rings. The second-order valence-corrected chi connectivity index (χ2v) is 8.91. The molecule has 27 heavy (non-hydrogen) atoms. The van der Waals surface area contributed by atoms with Gasteiger partial charge in [-0.3, -0.25) is 0 Å². The summed E-state index contributed by atoms with van der Waals surface area (Å²) in [4.78, 5) is 11.5. The summed E-state index contributed by atoms with van der Waals surface area (Å²) < 4.78 is 33.5. The molecule has 0 unspecified atom stereocenters. The van der Waals surface area contributed by atoms with E-state index in [1.807, 2.05) is 24.8 Å². The monoisotopic (exact) mass is 388 g/mol. The Morgan fingerprint density at radius 3 is 2.59 bits per heavy atom. The molecular formula is C19H24N4O3S. The summed E-state index contributed by atoms with van der Waals surface area (Å²) in [6, 6.07) is 5.27. The standard InChI is InChI=1S/C19H24N4O3S/c1-14-5-6-17(12-15(14)2)27(24,25)23-7-3-4-16-13-20-19(21-18(16)23)22-8-10-26-11-9-22/h5-6,12-13H,3-4,7-11H2,1-2H3. The van der Waals surface area contributed by atoms with Crippen LogP contribution in [-0.4, -0.2) is 51.2 Å². The number of hydrogen-bond acceptors (Lipinski definition) is 6. The van der Waals surface area contributed by atoms with Crippen LogP contribution in [-0.2, 0) is 21.2 Å². The van der Waals surface area contributed by atoms with Gasteiger partial charge in [-0.1, -0.05) is 6.07 Å². The molecule has 3 heterocycles. The van der Waals surface area contributed by atoms with Crippen molar-refractivity contribution < 1.29 is 13.2 Å². The van der Waals surface area contributed by atoms with Crippen molar-refractivity contribution in [2.45, 2.75) is 31.6 Å². The van der Waals surface area contributed by atoms with E-state index >= 15 is 0 Å². The maximum atomic E-state index is 13.3. The van der Waals surface area contributed by atoms with Gasteiger partial charge in [0.2, 0.25) is 5.95 Å². The van der Waals surface area contributed by atoms with Gasteiger partial charge in [-0.05, 0) is 49.9 Å². The van der Waals surface area contributed by atoms with E-state index < -0.39 is 10.0 Å². The van der Waals surface area contributed by atoms with E-state index in [4.69, 9.17) is 4.74 Å². The second-order valence-electron chi connectivity index (χ2n) is 7.05. The predicted octanol–water partition coefficient (Wildman–Crippen LogP) is 2.07. The molecule has 0 saturated carbocycles. The largest absolute Gasteiger partial charge is 0.378 e. The molecule has 2 aliphatic heterocycles. The average molecular weight is 388 g/mol. The van der Waals surface area contributed by atoms with Crippen molar-refractivity contribution in [1.29, 1.82) is 0 Å². The molecule has 2 aliphatic rings. The summed E-state index contributed by atoms with van der Waals surface area (Å²) in [5.41, 5.74) is 2.92. The molecule has 7 nitrogen and oxygen atoms in total. The van der Waals surface area contributed by atoms with E-state index in [0.29, 0.717) is 49.5 Å². The minimum absolute atomic E-state index is 0.310. The third-order valence-electron chi connectivity index (χ3n) is 5.23. The number of hydrogen-bond donors (Lipinski definition) is 0. The van der Waals surface area contributed by atoms with Crippen molar-refractivity contribution in [2.75, 3.05) is 42.1 Å². The number of morpholine rings is 1. The van der Waals surface area contributed by atoms with Crippen molar-refractivity contribution in [2.24, 2.45) is 0 Å². The topological polar surface area (TPSA) is 75.6 Å². The first-order valence-corrected chi connectivity index (χ1v) is 10.7. The highest BCUT2D eigenvalue weighted by Crippen LogP contribution is 2.32. The Labute approximate surface area is 160 Å². The summed E-state index contributed by atoms with van der Waals surface area (Å²) in [6.07, 6.45) is 3.32. The molecule has 0 N–H and O–H groups in total. The first-order chi connectivity index (χ1) is 13.0. The maximum absolute atomic E-state index is 13.3. The number of ether oxygens (including phenoxy) is 1. The first-order valence-electron chi connectivity index (χ1n) is 9.25. The number of rotatable bonds is 3. The van der Waals surface area contributed by atoms with Crippen LogP contribution in [0.25, 0.3) is 0 Å². The average Bonchev–Trinajstić information content (AvgIpc) is 2.69. The van der Waals surface area contributed by atoms with Crippen molar-refractivity contribution in [1.82, 2.24) is 9.97 Å². The maximum Gasteiger partial charge on any atom is 0.265 e. The van der Waals surface area contributed by atoms with E-state index in [-0.39, 0.29) is 0 Å². The van der Waals surface area contributed by atoms with Gasteiger partial charge >= 0.3 is 0 Å². The summed E-state index contributed by atoms with van der Waals surface area (Å²) in [5.74, 6) is 1.08. The van der Waals surface area contributed by atoms with E-state index in [2.05, 4.69) is 9.97 Å². The molecule has 8 heteroatoms. The van der Waals surface area contributed by atoms with Crippen molar-refractivity contribution in [3.63, 3.8) is 0 Å². The first kappa shape index (κ1) is 18.2.